The molecule has 0 saturated heterocycles. The van der Waals surface area contributed by atoms with Gasteiger partial charge in [0.2, 0.25) is 0 Å². The molecule has 0 amide bonds. The van der Waals surface area contributed by atoms with E-state index in [1.165, 1.54) is 6.42 Å². The Balaban J connectivity index is 2.59. The van der Waals surface area contributed by atoms with E-state index < -0.39 is 5.60 Å². The second-order valence-corrected chi connectivity index (χ2v) is 3.45. The standard InChI is InChI=1S/C9H16O/c1-3-8-6-4-5-7-9(8,2)10/h3,8,10H,1,4-7H2,2H3/t8-,9-/m0/s1. The lowest BCUT2D eigenvalue weighted by Gasteiger charge is -2.35. The van der Waals surface area contributed by atoms with Crippen LogP contribution in [0, 0.1) is 5.92 Å². The number of hydrogen-bond donors (Lipinski definition) is 1. The highest BCUT2D eigenvalue weighted by atomic mass is 16.3. The van der Waals surface area contributed by atoms with Crippen LogP contribution in [0.2, 0.25) is 0 Å². The fourth-order valence-corrected chi connectivity index (χ4v) is 1.72. The van der Waals surface area contributed by atoms with Gasteiger partial charge in [-0.1, -0.05) is 18.9 Å². The lowest BCUT2D eigenvalue weighted by atomic mass is 9.77. The van der Waals surface area contributed by atoms with Gasteiger partial charge in [-0.05, 0) is 19.8 Å². The molecule has 2 atom stereocenters. The van der Waals surface area contributed by atoms with Crippen LogP contribution in [0.1, 0.15) is 32.6 Å². The van der Waals surface area contributed by atoms with E-state index in [2.05, 4.69) is 6.58 Å². The van der Waals surface area contributed by atoms with Crippen molar-refractivity contribution in [2.24, 2.45) is 5.92 Å². The molecule has 0 aliphatic heterocycles. The van der Waals surface area contributed by atoms with Gasteiger partial charge >= 0.3 is 0 Å². The van der Waals surface area contributed by atoms with E-state index in [1.807, 2.05) is 13.0 Å². The molecule has 0 unspecified atom stereocenters. The molecule has 1 rings (SSSR count). The largest absolute Gasteiger partial charge is 0.390 e. The first-order valence-electron chi connectivity index (χ1n) is 4.02. The van der Waals surface area contributed by atoms with Gasteiger partial charge in [0.15, 0.2) is 0 Å². The highest BCUT2D eigenvalue weighted by Gasteiger charge is 2.31. The zero-order chi connectivity index (χ0) is 7.61. The summed E-state index contributed by atoms with van der Waals surface area (Å²) in [6, 6.07) is 0. The zero-order valence-electron chi connectivity index (χ0n) is 6.64. The maximum atomic E-state index is 9.76. The van der Waals surface area contributed by atoms with E-state index in [1.54, 1.807) is 0 Å². The molecule has 1 saturated carbocycles. The molecule has 0 aromatic carbocycles. The number of rotatable bonds is 1. The Kier molecular flexibility index (Phi) is 2.14. The van der Waals surface area contributed by atoms with E-state index in [-0.39, 0.29) is 0 Å². The fraction of sp³-hybridized carbons (Fsp3) is 0.778. The summed E-state index contributed by atoms with van der Waals surface area (Å²) in [4.78, 5) is 0. The second-order valence-electron chi connectivity index (χ2n) is 3.45. The lowest BCUT2D eigenvalue weighted by Crippen LogP contribution is -2.35. The van der Waals surface area contributed by atoms with Gasteiger partial charge in [0.1, 0.15) is 0 Å². The summed E-state index contributed by atoms with van der Waals surface area (Å²) in [5, 5.41) is 9.76. The Morgan fingerprint density at radius 3 is 2.70 bits per heavy atom. The van der Waals surface area contributed by atoms with Crippen LogP contribution in [0.25, 0.3) is 0 Å². The summed E-state index contributed by atoms with van der Waals surface area (Å²) in [6.07, 6.45) is 6.34. The predicted molar refractivity (Wildman–Crippen MR) is 42.8 cm³/mol. The van der Waals surface area contributed by atoms with E-state index in [9.17, 15) is 5.11 Å². The van der Waals surface area contributed by atoms with Gasteiger partial charge < -0.3 is 5.11 Å². The molecule has 58 valence electrons. The molecular formula is C9H16O. The highest BCUT2D eigenvalue weighted by molar-refractivity contribution is 4.95. The first kappa shape index (κ1) is 7.80. The highest BCUT2D eigenvalue weighted by Crippen LogP contribution is 2.33. The molecule has 0 spiro atoms. The summed E-state index contributed by atoms with van der Waals surface area (Å²) in [5.41, 5.74) is -0.472. The predicted octanol–water partition coefficient (Wildman–Crippen LogP) is 2.11. The summed E-state index contributed by atoms with van der Waals surface area (Å²) in [7, 11) is 0. The molecule has 1 heteroatoms. The van der Waals surface area contributed by atoms with Gasteiger partial charge in [-0.15, -0.1) is 6.58 Å². The molecule has 1 aliphatic carbocycles. The zero-order valence-corrected chi connectivity index (χ0v) is 6.64. The molecule has 0 radical (unpaired) electrons. The molecule has 0 aromatic heterocycles. The summed E-state index contributed by atoms with van der Waals surface area (Å²) >= 11 is 0. The third-order valence-corrected chi connectivity index (χ3v) is 2.53. The molecule has 1 fully saturated rings. The Labute approximate surface area is 62.8 Å². The minimum Gasteiger partial charge on any atom is -0.390 e. The maximum absolute atomic E-state index is 9.76. The van der Waals surface area contributed by atoms with Gasteiger partial charge in [0.25, 0.3) is 0 Å². The molecule has 1 N–H and O–H groups in total. The summed E-state index contributed by atoms with van der Waals surface area (Å²) < 4.78 is 0. The Bertz CT molecular complexity index is 127. The Hall–Kier alpha value is -0.300. The molecular weight excluding hydrogens is 124 g/mol. The van der Waals surface area contributed by atoms with Crippen LogP contribution < -0.4 is 0 Å². The normalized spacial score (nSPS) is 41.2. The average molecular weight is 140 g/mol. The van der Waals surface area contributed by atoms with Gasteiger partial charge in [0.05, 0.1) is 5.60 Å². The molecule has 10 heavy (non-hydrogen) atoms. The summed E-state index contributed by atoms with van der Waals surface area (Å²) in [6.45, 7) is 5.64. The molecule has 0 bridgehead atoms. The van der Waals surface area contributed by atoms with Gasteiger partial charge in [-0.3, -0.25) is 0 Å². The van der Waals surface area contributed by atoms with Crippen molar-refractivity contribution in [1.82, 2.24) is 0 Å². The van der Waals surface area contributed by atoms with E-state index in [0.29, 0.717) is 5.92 Å². The van der Waals surface area contributed by atoms with Crippen molar-refractivity contribution < 1.29 is 5.11 Å². The maximum Gasteiger partial charge on any atom is 0.0681 e. The number of hydrogen-bond acceptors (Lipinski definition) is 1. The van der Waals surface area contributed by atoms with Crippen LogP contribution >= 0.6 is 0 Å². The van der Waals surface area contributed by atoms with E-state index in [0.717, 1.165) is 19.3 Å². The minimum atomic E-state index is -0.472. The van der Waals surface area contributed by atoms with Crippen LogP contribution in [0.3, 0.4) is 0 Å². The fourth-order valence-electron chi connectivity index (χ4n) is 1.72. The van der Waals surface area contributed by atoms with E-state index >= 15 is 0 Å². The molecule has 0 heterocycles. The smallest absolute Gasteiger partial charge is 0.0681 e. The van der Waals surface area contributed by atoms with Crippen molar-refractivity contribution in [2.75, 3.05) is 0 Å². The van der Waals surface area contributed by atoms with Crippen molar-refractivity contribution in [1.29, 1.82) is 0 Å². The van der Waals surface area contributed by atoms with Crippen LogP contribution in [-0.4, -0.2) is 10.7 Å². The molecule has 1 nitrogen and oxygen atoms in total. The molecule has 1 aliphatic rings. The van der Waals surface area contributed by atoms with Crippen LogP contribution in [-0.2, 0) is 0 Å². The number of aliphatic hydroxyl groups is 1. The van der Waals surface area contributed by atoms with E-state index in [4.69, 9.17) is 0 Å². The summed E-state index contributed by atoms with van der Waals surface area (Å²) in [5.74, 6) is 0.321. The monoisotopic (exact) mass is 140 g/mol. The molecule has 0 aromatic rings. The van der Waals surface area contributed by atoms with Crippen LogP contribution in [0.5, 0.6) is 0 Å². The third kappa shape index (κ3) is 1.40. The Morgan fingerprint density at radius 2 is 2.30 bits per heavy atom. The van der Waals surface area contributed by atoms with Crippen molar-refractivity contribution in [3.05, 3.63) is 12.7 Å². The van der Waals surface area contributed by atoms with Crippen molar-refractivity contribution in [2.45, 2.75) is 38.2 Å². The van der Waals surface area contributed by atoms with Crippen molar-refractivity contribution in [3.8, 4) is 0 Å². The van der Waals surface area contributed by atoms with Crippen LogP contribution in [0.4, 0.5) is 0 Å². The van der Waals surface area contributed by atoms with Crippen LogP contribution in [0.15, 0.2) is 12.7 Å². The van der Waals surface area contributed by atoms with Gasteiger partial charge in [0, 0.05) is 5.92 Å². The topological polar surface area (TPSA) is 20.2 Å². The lowest BCUT2D eigenvalue weighted by molar-refractivity contribution is -0.0120. The first-order valence-corrected chi connectivity index (χ1v) is 4.02. The average Bonchev–Trinajstić information content (AvgIpc) is 1.87. The second kappa shape index (κ2) is 2.75. The minimum absolute atomic E-state index is 0.321. The Morgan fingerprint density at radius 1 is 1.60 bits per heavy atom. The quantitative estimate of drug-likeness (QED) is 0.553. The van der Waals surface area contributed by atoms with Crippen molar-refractivity contribution in [3.63, 3.8) is 0 Å². The van der Waals surface area contributed by atoms with Gasteiger partial charge in [-0.25, -0.2) is 0 Å². The SMILES string of the molecule is C=C[C@H]1CCCC[C@]1(C)O. The van der Waals surface area contributed by atoms with Crippen molar-refractivity contribution >= 4 is 0 Å². The van der Waals surface area contributed by atoms with Gasteiger partial charge in [-0.2, -0.15) is 0 Å². The third-order valence-electron chi connectivity index (χ3n) is 2.53. The first-order chi connectivity index (χ1) is 4.67.